The van der Waals surface area contributed by atoms with E-state index < -0.39 is 0 Å². The molecule has 0 bridgehead atoms. The number of piperidine rings is 1. The molecular formula is C27H28Cl3N5S. The van der Waals surface area contributed by atoms with Crippen LogP contribution in [0.25, 0.3) is 22.3 Å². The topological polar surface area (TPSA) is 46.8 Å². The lowest BCUT2D eigenvalue weighted by atomic mass is 9.95. The van der Waals surface area contributed by atoms with E-state index in [1.165, 1.54) is 18.5 Å². The predicted octanol–water partition coefficient (Wildman–Crippen LogP) is 6.82. The molecule has 2 aromatic heterocycles. The largest absolute Gasteiger partial charge is 0.305 e. The van der Waals surface area contributed by atoms with E-state index in [1.54, 1.807) is 11.8 Å². The molecule has 3 heterocycles. The Bertz CT molecular complexity index is 1420. The normalized spacial score (nSPS) is 20.9. The molecule has 2 atom stereocenters. The lowest BCUT2D eigenvalue weighted by Gasteiger charge is -2.21. The van der Waals surface area contributed by atoms with Crippen molar-refractivity contribution < 1.29 is 0 Å². The number of pyridine rings is 1. The zero-order valence-corrected chi connectivity index (χ0v) is 23.4. The molecule has 0 radical (unpaired) electrons. The average Bonchev–Trinajstić information content (AvgIpc) is 3.22. The number of thioether (sulfide) groups is 1. The summed E-state index contributed by atoms with van der Waals surface area (Å²) in [5.74, 6) is 2.64. The minimum absolute atomic E-state index is 0. The van der Waals surface area contributed by atoms with Gasteiger partial charge in [-0.05, 0) is 62.1 Å². The van der Waals surface area contributed by atoms with Crippen LogP contribution in [0.2, 0.25) is 10.0 Å². The van der Waals surface area contributed by atoms with E-state index >= 15 is 0 Å². The zero-order chi connectivity index (χ0) is 24.2. The molecule has 2 aliphatic rings. The van der Waals surface area contributed by atoms with Crippen LogP contribution in [0, 0.1) is 12.8 Å². The summed E-state index contributed by atoms with van der Waals surface area (Å²) >= 11 is 14.2. The van der Waals surface area contributed by atoms with Gasteiger partial charge in [-0.15, -0.1) is 22.6 Å². The van der Waals surface area contributed by atoms with Gasteiger partial charge in [-0.1, -0.05) is 59.2 Å². The van der Waals surface area contributed by atoms with Crippen molar-refractivity contribution in [3.8, 4) is 11.4 Å². The van der Waals surface area contributed by atoms with Crippen LogP contribution in [0.5, 0.6) is 0 Å². The van der Waals surface area contributed by atoms with Crippen LogP contribution in [0.1, 0.15) is 24.1 Å². The third kappa shape index (κ3) is 4.63. The molecule has 1 aliphatic heterocycles. The molecule has 4 aromatic rings. The summed E-state index contributed by atoms with van der Waals surface area (Å²) in [6.07, 6.45) is 2.38. The summed E-state index contributed by atoms with van der Waals surface area (Å²) in [5, 5.41) is 12.4. The summed E-state index contributed by atoms with van der Waals surface area (Å²) in [6, 6.07) is 16.5. The standard InChI is InChI=1S/C27H27Cl2N5S.ClH/c1-17-7-9-20-21(5-3-6-24(20)30-17)25-31-32-26(33(25)2)35-12-4-11-34-15-19-14-27(19,16-34)18-8-10-22(28)23(29)13-18;/h3,5-10,13,19H,4,11-12,14-16H2,1-2H3;1H/t19-,27+;/m0./s1. The van der Waals surface area contributed by atoms with Crippen LogP contribution in [0.15, 0.2) is 53.7 Å². The van der Waals surface area contributed by atoms with E-state index in [4.69, 9.17) is 23.2 Å². The second-order valence-corrected chi connectivity index (χ2v) is 11.7. The maximum Gasteiger partial charge on any atom is 0.191 e. The molecule has 1 aliphatic carbocycles. The summed E-state index contributed by atoms with van der Waals surface area (Å²) in [4.78, 5) is 7.26. The SMILES string of the molecule is Cc1ccc2c(-c3nnc(SCCCN4C[C@@H]5C[C@]5(c5ccc(Cl)c(Cl)c5)C4)n3C)cccc2n1.Cl. The molecule has 0 unspecified atom stereocenters. The molecular weight excluding hydrogens is 533 g/mol. The zero-order valence-electron chi connectivity index (χ0n) is 20.2. The number of benzene rings is 2. The van der Waals surface area contributed by atoms with Gasteiger partial charge in [0.25, 0.3) is 0 Å². The first-order valence-electron chi connectivity index (χ1n) is 12.0. The second kappa shape index (κ2) is 10.1. The van der Waals surface area contributed by atoms with Gasteiger partial charge >= 0.3 is 0 Å². The van der Waals surface area contributed by atoms with Gasteiger partial charge < -0.3 is 9.47 Å². The van der Waals surface area contributed by atoms with Gasteiger partial charge in [0, 0.05) is 47.9 Å². The Hall–Kier alpha value is -1.83. The van der Waals surface area contributed by atoms with Gasteiger partial charge in [-0.3, -0.25) is 4.98 Å². The van der Waals surface area contributed by atoms with Gasteiger partial charge in [-0.2, -0.15) is 0 Å². The maximum absolute atomic E-state index is 6.29. The van der Waals surface area contributed by atoms with E-state index in [0.29, 0.717) is 10.0 Å². The van der Waals surface area contributed by atoms with E-state index in [2.05, 4.69) is 48.9 Å². The van der Waals surface area contributed by atoms with Gasteiger partial charge in [0.15, 0.2) is 11.0 Å². The average molecular weight is 561 g/mol. The summed E-state index contributed by atoms with van der Waals surface area (Å²) in [5.41, 5.74) is 4.70. The highest BCUT2D eigenvalue weighted by molar-refractivity contribution is 7.99. The number of likely N-dealkylation sites (tertiary alicyclic amines) is 1. The number of rotatable bonds is 7. The molecule has 2 fully saturated rings. The Balaban J connectivity index is 0.00000267. The highest BCUT2D eigenvalue weighted by atomic mass is 35.5. The van der Waals surface area contributed by atoms with Crippen molar-refractivity contribution in [1.29, 1.82) is 0 Å². The molecule has 0 amide bonds. The molecule has 188 valence electrons. The van der Waals surface area contributed by atoms with E-state index in [1.807, 2.05) is 38.2 Å². The van der Waals surface area contributed by atoms with Gasteiger partial charge in [-0.25, -0.2) is 0 Å². The smallest absolute Gasteiger partial charge is 0.191 e. The number of hydrogen-bond donors (Lipinski definition) is 0. The van der Waals surface area contributed by atoms with Crippen molar-refractivity contribution in [3.05, 3.63) is 69.8 Å². The molecule has 2 aromatic carbocycles. The minimum atomic E-state index is 0. The fourth-order valence-corrected chi connectivity index (χ4v) is 6.72. The van der Waals surface area contributed by atoms with Crippen molar-refractivity contribution in [2.45, 2.75) is 30.3 Å². The Kier molecular flexibility index (Phi) is 7.27. The molecule has 0 spiro atoms. The monoisotopic (exact) mass is 559 g/mol. The number of hydrogen-bond acceptors (Lipinski definition) is 5. The molecule has 36 heavy (non-hydrogen) atoms. The van der Waals surface area contributed by atoms with Crippen LogP contribution in [-0.2, 0) is 12.5 Å². The van der Waals surface area contributed by atoms with Crippen LogP contribution >= 0.6 is 47.4 Å². The van der Waals surface area contributed by atoms with Crippen LogP contribution < -0.4 is 0 Å². The molecule has 5 nitrogen and oxygen atoms in total. The third-order valence-electron chi connectivity index (χ3n) is 7.51. The highest BCUT2D eigenvalue weighted by Crippen LogP contribution is 2.59. The Morgan fingerprint density at radius 3 is 2.78 bits per heavy atom. The minimum Gasteiger partial charge on any atom is -0.305 e. The van der Waals surface area contributed by atoms with Gasteiger partial charge in [0.05, 0.1) is 15.6 Å². The molecule has 1 saturated carbocycles. The maximum atomic E-state index is 6.29. The predicted molar refractivity (Wildman–Crippen MR) is 152 cm³/mol. The van der Waals surface area contributed by atoms with E-state index in [0.717, 1.165) is 64.3 Å². The van der Waals surface area contributed by atoms with Crippen molar-refractivity contribution >= 4 is 58.3 Å². The molecule has 9 heteroatoms. The number of halogens is 3. The number of nitrogens with zero attached hydrogens (tertiary/aromatic N) is 5. The summed E-state index contributed by atoms with van der Waals surface area (Å²) in [6.45, 7) is 5.41. The van der Waals surface area contributed by atoms with Gasteiger partial charge in [0.1, 0.15) is 0 Å². The van der Waals surface area contributed by atoms with Crippen molar-refractivity contribution in [3.63, 3.8) is 0 Å². The second-order valence-electron chi connectivity index (χ2n) is 9.81. The van der Waals surface area contributed by atoms with Crippen molar-refractivity contribution in [1.82, 2.24) is 24.6 Å². The quantitative estimate of drug-likeness (QED) is 0.183. The lowest BCUT2D eigenvalue weighted by molar-refractivity contribution is 0.299. The molecule has 0 N–H and O–H groups in total. The fraction of sp³-hybridized carbons (Fsp3) is 0.370. The first-order valence-corrected chi connectivity index (χ1v) is 13.8. The Labute approximate surface area is 232 Å². The molecule has 1 saturated heterocycles. The first kappa shape index (κ1) is 25.8. The number of aryl methyl sites for hydroxylation is 1. The highest BCUT2D eigenvalue weighted by Gasteiger charge is 2.60. The number of aromatic nitrogens is 4. The Morgan fingerprint density at radius 2 is 1.94 bits per heavy atom. The summed E-state index contributed by atoms with van der Waals surface area (Å²) in [7, 11) is 2.05. The third-order valence-corrected chi connectivity index (χ3v) is 9.35. The van der Waals surface area contributed by atoms with Crippen LogP contribution in [0.4, 0.5) is 0 Å². The Morgan fingerprint density at radius 1 is 1.08 bits per heavy atom. The van der Waals surface area contributed by atoms with E-state index in [-0.39, 0.29) is 17.8 Å². The fourth-order valence-electron chi connectivity index (χ4n) is 5.59. The first-order chi connectivity index (χ1) is 16.9. The van der Waals surface area contributed by atoms with E-state index in [9.17, 15) is 0 Å². The summed E-state index contributed by atoms with van der Waals surface area (Å²) < 4.78 is 2.10. The van der Waals surface area contributed by atoms with Crippen molar-refractivity contribution in [2.75, 3.05) is 25.4 Å². The van der Waals surface area contributed by atoms with Crippen LogP contribution in [-0.4, -0.2) is 50.0 Å². The van der Waals surface area contributed by atoms with Crippen LogP contribution in [0.3, 0.4) is 0 Å². The molecule has 6 rings (SSSR count). The number of fused-ring (bicyclic) bond motifs is 2. The van der Waals surface area contributed by atoms with Crippen molar-refractivity contribution in [2.24, 2.45) is 13.0 Å². The van der Waals surface area contributed by atoms with Gasteiger partial charge in [0.2, 0.25) is 0 Å². The lowest BCUT2D eigenvalue weighted by Crippen LogP contribution is -2.27.